The largest absolute Gasteiger partial charge is 0.490 e. The molecule has 50 heavy (non-hydrogen) atoms. The second-order valence-corrected chi connectivity index (χ2v) is 12.1. The average Bonchev–Trinajstić information content (AvgIpc) is 3.13. The molecule has 0 atom stereocenters. The highest BCUT2D eigenvalue weighted by atomic mass is 79.9. The van der Waals surface area contributed by atoms with Crippen LogP contribution in [-0.2, 0) is 29.4 Å². The van der Waals surface area contributed by atoms with Crippen molar-refractivity contribution in [1.82, 2.24) is 5.32 Å². The zero-order valence-corrected chi connectivity index (χ0v) is 28.7. The molecule has 0 saturated carbocycles. The molecule has 1 heterocycles. The zero-order valence-electron chi connectivity index (χ0n) is 27.1. The lowest BCUT2D eigenvalue weighted by Gasteiger charge is -2.26. The number of urea groups is 1. The Hall–Kier alpha value is -5.87. The molecule has 0 aromatic heterocycles. The van der Waals surface area contributed by atoms with Crippen molar-refractivity contribution >= 4 is 45.5 Å². The monoisotopic (exact) mass is 732 g/mol. The standard InChI is InChI=1S/C40H33BrN2O7/c1-2-47-37-21-29(13-19-36(37)50-25-28-11-7-4-8-12-28)26-49-35-20-14-31(41)22-30(35)23-34-38(44)42-40(46)43(39(34)45)32-15-17-33(18-16-32)48-24-27-9-5-3-6-10-27/h3-23H,2,24-26H2,1H3,(H,42,44,46)/b34-23-. The minimum absolute atomic E-state index is 0.167. The van der Waals surface area contributed by atoms with E-state index in [0.29, 0.717) is 52.9 Å². The molecule has 0 bridgehead atoms. The molecule has 9 nitrogen and oxygen atoms in total. The molecule has 0 unspecified atom stereocenters. The number of anilines is 1. The molecule has 10 heteroatoms. The first-order valence-electron chi connectivity index (χ1n) is 15.9. The van der Waals surface area contributed by atoms with Gasteiger partial charge in [-0.05, 0) is 84.3 Å². The van der Waals surface area contributed by atoms with Gasteiger partial charge in [-0.15, -0.1) is 0 Å². The van der Waals surface area contributed by atoms with Gasteiger partial charge in [0.1, 0.15) is 36.9 Å². The Morgan fingerprint density at radius 2 is 1.26 bits per heavy atom. The Balaban J connectivity index is 1.17. The fourth-order valence-electron chi connectivity index (χ4n) is 5.17. The van der Waals surface area contributed by atoms with Crippen LogP contribution in [0.25, 0.3) is 6.08 Å². The summed E-state index contributed by atoms with van der Waals surface area (Å²) in [6.07, 6.45) is 1.42. The second kappa shape index (κ2) is 16.0. The van der Waals surface area contributed by atoms with E-state index in [9.17, 15) is 14.4 Å². The van der Waals surface area contributed by atoms with Gasteiger partial charge >= 0.3 is 6.03 Å². The zero-order chi connectivity index (χ0) is 34.9. The van der Waals surface area contributed by atoms with Gasteiger partial charge in [0, 0.05) is 10.0 Å². The first kappa shape index (κ1) is 34.0. The van der Waals surface area contributed by atoms with E-state index in [2.05, 4.69) is 21.2 Å². The molecular weight excluding hydrogens is 700 g/mol. The van der Waals surface area contributed by atoms with Crippen molar-refractivity contribution in [2.24, 2.45) is 0 Å². The number of rotatable bonds is 13. The first-order chi connectivity index (χ1) is 24.4. The lowest BCUT2D eigenvalue weighted by Crippen LogP contribution is -2.54. The van der Waals surface area contributed by atoms with Crippen LogP contribution in [0.4, 0.5) is 10.5 Å². The number of carbonyl (C=O) groups is 3. The number of barbiturate groups is 1. The summed E-state index contributed by atoms with van der Waals surface area (Å²) in [5.74, 6) is 0.615. The molecular formula is C40H33BrN2O7. The van der Waals surface area contributed by atoms with Crippen LogP contribution in [0.3, 0.4) is 0 Å². The third-order valence-electron chi connectivity index (χ3n) is 7.66. The number of imide groups is 2. The van der Waals surface area contributed by atoms with Crippen LogP contribution in [0.15, 0.2) is 131 Å². The fourth-order valence-corrected chi connectivity index (χ4v) is 5.55. The maximum atomic E-state index is 13.7. The molecule has 6 rings (SSSR count). The highest BCUT2D eigenvalue weighted by Gasteiger charge is 2.37. The number of ether oxygens (including phenoxy) is 4. The van der Waals surface area contributed by atoms with Gasteiger partial charge in [-0.2, -0.15) is 0 Å². The van der Waals surface area contributed by atoms with Crippen molar-refractivity contribution in [3.05, 3.63) is 154 Å². The van der Waals surface area contributed by atoms with Crippen LogP contribution < -0.4 is 29.2 Å². The van der Waals surface area contributed by atoms with E-state index in [1.54, 1.807) is 42.5 Å². The van der Waals surface area contributed by atoms with Crippen molar-refractivity contribution in [2.45, 2.75) is 26.7 Å². The van der Waals surface area contributed by atoms with Crippen LogP contribution in [0.1, 0.15) is 29.2 Å². The van der Waals surface area contributed by atoms with E-state index in [1.165, 1.54) is 6.08 Å². The van der Waals surface area contributed by atoms with Crippen LogP contribution in [0, 0.1) is 0 Å². The molecule has 1 saturated heterocycles. The number of hydrogen-bond donors (Lipinski definition) is 1. The number of hydrogen-bond acceptors (Lipinski definition) is 7. The Labute approximate surface area is 298 Å². The van der Waals surface area contributed by atoms with E-state index < -0.39 is 17.8 Å². The van der Waals surface area contributed by atoms with Gasteiger partial charge in [-0.3, -0.25) is 14.9 Å². The molecule has 5 aromatic rings. The summed E-state index contributed by atoms with van der Waals surface area (Å²) in [7, 11) is 0. The molecule has 0 radical (unpaired) electrons. The molecule has 4 amide bonds. The highest BCUT2D eigenvalue weighted by Crippen LogP contribution is 2.32. The van der Waals surface area contributed by atoms with E-state index in [0.717, 1.165) is 21.6 Å². The predicted molar refractivity (Wildman–Crippen MR) is 193 cm³/mol. The minimum atomic E-state index is -0.845. The van der Waals surface area contributed by atoms with Crippen LogP contribution in [-0.4, -0.2) is 24.5 Å². The molecule has 1 N–H and O–H groups in total. The Morgan fingerprint density at radius 1 is 0.640 bits per heavy atom. The lowest BCUT2D eigenvalue weighted by atomic mass is 10.1. The number of halogens is 1. The van der Waals surface area contributed by atoms with Gasteiger partial charge < -0.3 is 18.9 Å². The Morgan fingerprint density at radius 3 is 1.94 bits per heavy atom. The van der Waals surface area contributed by atoms with Gasteiger partial charge in [0.05, 0.1) is 12.3 Å². The SMILES string of the molecule is CCOc1cc(COc2ccc(Br)cc2/C=C2/C(=O)NC(=O)N(c3ccc(OCc4ccccc4)cc3)C2=O)ccc1OCc1ccccc1. The maximum Gasteiger partial charge on any atom is 0.335 e. The van der Waals surface area contributed by atoms with Crippen molar-refractivity contribution in [2.75, 3.05) is 11.5 Å². The van der Waals surface area contributed by atoms with Crippen LogP contribution in [0.5, 0.6) is 23.0 Å². The molecule has 0 spiro atoms. The quantitative estimate of drug-likeness (QED) is 0.0961. The summed E-state index contributed by atoms with van der Waals surface area (Å²) in [4.78, 5) is 40.4. The normalized spacial score (nSPS) is 13.6. The second-order valence-electron chi connectivity index (χ2n) is 11.2. The van der Waals surface area contributed by atoms with E-state index >= 15 is 0 Å². The first-order valence-corrected chi connectivity index (χ1v) is 16.7. The van der Waals surface area contributed by atoms with Gasteiger partial charge in [-0.1, -0.05) is 82.7 Å². The van der Waals surface area contributed by atoms with E-state index in [4.69, 9.17) is 18.9 Å². The molecule has 1 aliphatic heterocycles. The van der Waals surface area contributed by atoms with Crippen LogP contribution in [0.2, 0.25) is 0 Å². The van der Waals surface area contributed by atoms with Crippen molar-refractivity contribution in [3.8, 4) is 23.0 Å². The maximum absolute atomic E-state index is 13.7. The van der Waals surface area contributed by atoms with Gasteiger partial charge in [0.2, 0.25) is 0 Å². The number of carbonyl (C=O) groups excluding carboxylic acids is 3. The minimum Gasteiger partial charge on any atom is -0.490 e. The number of amides is 4. The average molecular weight is 734 g/mol. The molecule has 0 aliphatic carbocycles. The summed E-state index contributed by atoms with van der Waals surface area (Å²) in [6, 6.07) is 36.1. The summed E-state index contributed by atoms with van der Waals surface area (Å²) in [6.45, 7) is 3.29. The summed E-state index contributed by atoms with van der Waals surface area (Å²) >= 11 is 3.47. The topological polar surface area (TPSA) is 103 Å². The van der Waals surface area contributed by atoms with Crippen molar-refractivity contribution < 1.29 is 33.3 Å². The number of nitrogens with one attached hydrogen (secondary N) is 1. The Kier molecular flexibility index (Phi) is 10.9. The molecule has 1 aliphatic rings. The summed E-state index contributed by atoms with van der Waals surface area (Å²) < 4.78 is 24.6. The van der Waals surface area contributed by atoms with Gasteiger partial charge in [0.25, 0.3) is 11.8 Å². The number of benzene rings is 5. The summed E-state index contributed by atoms with van der Waals surface area (Å²) in [5, 5.41) is 2.28. The smallest absolute Gasteiger partial charge is 0.335 e. The van der Waals surface area contributed by atoms with Crippen LogP contribution >= 0.6 is 15.9 Å². The van der Waals surface area contributed by atoms with Crippen molar-refractivity contribution in [1.29, 1.82) is 0 Å². The number of nitrogens with zero attached hydrogens (tertiary/aromatic N) is 1. The summed E-state index contributed by atoms with van der Waals surface area (Å²) in [5.41, 5.74) is 3.38. The third-order valence-corrected chi connectivity index (χ3v) is 8.15. The fraction of sp³-hybridized carbons (Fsp3) is 0.125. The van der Waals surface area contributed by atoms with E-state index in [1.807, 2.05) is 85.8 Å². The molecule has 5 aromatic carbocycles. The van der Waals surface area contributed by atoms with Gasteiger partial charge in [0.15, 0.2) is 11.5 Å². The van der Waals surface area contributed by atoms with Gasteiger partial charge in [-0.25, -0.2) is 9.69 Å². The van der Waals surface area contributed by atoms with Crippen molar-refractivity contribution in [3.63, 3.8) is 0 Å². The third kappa shape index (κ3) is 8.40. The predicted octanol–water partition coefficient (Wildman–Crippen LogP) is 8.25. The molecule has 1 fully saturated rings. The highest BCUT2D eigenvalue weighted by molar-refractivity contribution is 9.10. The molecule has 252 valence electrons. The lowest BCUT2D eigenvalue weighted by molar-refractivity contribution is -0.122. The Bertz CT molecular complexity index is 2020. The van der Waals surface area contributed by atoms with E-state index in [-0.39, 0.29) is 17.9 Å².